The lowest BCUT2D eigenvalue weighted by atomic mass is 10.1. The van der Waals surface area contributed by atoms with Crippen molar-refractivity contribution < 1.29 is 4.79 Å². The molecule has 1 amide bonds. The fourth-order valence-electron chi connectivity index (χ4n) is 3.01. The molecule has 5 heteroatoms. The van der Waals surface area contributed by atoms with Crippen LogP contribution in [0.4, 0.5) is 17.2 Å². The maximum Gasteiger partial charge on any atom is 0.255 e. The van der Waals surface area contributed by atoms with E-state index in [1.165, 1.54) is 19.3 Å². The molecule has 0 aliphatic carbocycles. The second kappa shape index (κ2) is 7.34. The summed E-state index contributed by atoms with van der Waals surface area (Å²) in [4.78, 5) is 19.2. The molecule has 1 aromatic heterocycles. The van der Waals surface area contributed by atoms with Crippen molar-refractivity contribution in [2.24, 2.45) is 0 Å². The molecule has 0 unspecified atom stereocenters. The molecule has 1 aliphatic heterocycles. The van der Waals surface area contributed by atoms with Gasteiger partial charge in [-0.05, 0) is 56.0 Å². The topological polar surface area (TPSA) is 57.3 Å². The third-order valence-electron chi connectivity index (χ3n) is 4.45. The van der Waals surface area contributed by atoms with Gasteiger partial charge in [-0.1, -0.05) is 6.07 Å². The average molecular weight is 324 g/mol. The standard InChI is InChI=1S/C19H24N4O/c1-14-6-7-15(12-17(14)20-2)19(24)22-16-8-9-18(21-13-16)23-10-4-3-5-11-23/h6-9,12-13,20H,3-5,10-11H2,1-2H3,(H,22,24). The van der Waals surface area contributed by atoms with Crippen molar-refractivity contribution in [2.45, 2.75) is 26.2 Å². The third-order valence-corrected chi connectivity index (χ3v) is 4.45. The van der Waals surface area contributed by atoms with Crippen LogP contribution in [0.1, 0.15) is 35.2 Å². The number of hydrogen-bond acceptors (Lipinski definition) is 4. The highest BCUT2D eigenvalue weighted by molar-refractivity contribution is 6.04. The molecule has 126 valence electrons. The molecule has 24 heavy (non-hydrogen) atoms. The van der Waals surface area contributed by atoms with Gasteiger partial charge < -0.3 is 15.5 Å². The van der Waals surface area contributed by atoms with E-state index < -0.39 is 0 Å². The van der Waals surface area contributed by atoms with Crippen molar-refractivity contribution in [3.8, 4) is 0 Å². The van der Waals surface area contributed by atoms with Gasteiger partial charge in [0.1, 0.15) is 5.82 Å². The quantitative estimate of drug-likeness (QED) is 0.901. The lowest BCUT2D eigenvalue weighted by Crippen LogP contribution is -2.30. The van der Waals surface area contributed by atoms with E-state index in [1.54, 1.807) is 6.20 Å². The van der Waals surface area contributed by atoms with Crippen molar-refractivity contribution in [3.05, 3.63) is 47.7 Å². The lowest BCUT2D eigenvalue weighted by molar-refractivity contribution is 0.102. The first-order valence-corrected chi connectivity index (χ1v) is 8.48. The van der Waals surface area contributed by atoms with Crippen molar-refractivity contribution in [2.75, 3.05) is 35.7 Å². The number of aromatic nitrogens is 1. The summed E-state index contributed by atoms with van der Waals surface area (Å²) in [6, 6.07) is 9.54. The Morgan fingerprint density at radius 2 is 1.92 bits per heavy atom. The number of benzene rings is 1. The maximum atomic E-state index is 12.4. The van der Waals surface area contributed by atoms with Gasteiger partial charge in [-0.2, -0.15) is 0 Å². The Morgan fingerprint density at radius 3 is 2.58 bits per heavy atom. The second-order valence-corrected chi connectivity index (χ2v) is 6.19. The van der Waals surface area contributed by atoms with Gasteiger partial charge >= 0.3 is 0 Å². The molecule has 1 aliphatic rings. The lowest BCUT2D eigenvalue weighted by Gasteiger charge is -2.27. The van der Waals surface area contributed by atoms with Gasteiger partial charge in [-0.25, -0.2) is 4.98 Å². The zero-order valence-electron chi connectivity index (χ0n) is 14.3. The highest BCUT2D eigenvalue weighted by Crippen LogP contribution is 2.20. The highest BCUT2D eigenvalue weighted by atomic mass is 16.1. The van der Waals surface area contributed by atoms with E-state index in [9.17, 15) is 4.79 Å². The normalized spacial score (nSPS) is 14.3. The third kappa shape index (κ3) is 3.67. The fraction of sp³-hybridized carbons (Fsp3) is 0.368. The predicted octanol–water partition coefficient (Wildman–Crippen LogP) is 3.67. The monoisotopic (exact) mass is 324 g/mol. The molecule has 1 saturated heterocycles. The number of hydrogen-bond donors (Lipinski definition) is 2. The van der Waals surface area contributed by atoms with E-state index in [0.717, 1.165) is 30.2 Å². The van der Waals surface area contributed by atoms with Crippen LogP contribution in [0.25, 0.3) is 0 Å². The molecule has 0 saturated carbocycles. The summed E-state index contributed by atoms with van der Waals surface area (Å²) in [5.74, 6) is 0.861. The van der Waals surface area contributed by atoms with Gasteiger partial charge in [-0.15, -0.1) is 0 Å². The number of pyridine rings is 1. The first kappa shape index (κ1) is 16.3. The molecule has 2 N–H and O–H groups in total. The molecule has 1 fully saturated rings. The molecule has 2 aromatic rings. The number of anilines is 3. The van der Waals surface area contributed by atoms with Gasteiger partial charge in [0.2, 0.25) is 0 Å². The molecule has 1 aromatic carbocycles. The molecule has 3 rings (SSSR count). The van der Waals surface area contributed by atoms with Gasteiger partial charge in [0.25, 0.3) is 5.91 Å². The van der Waals surface area contributed by atoms with Crippen molar-refractivity contribution in [1.29, 1.82) is 0 Å². The Hall–Kier alpha value is -2.56. The first-order chi connectivity index (χ1) is 11.7. The minimum absolute atomic E-state index is 0.126. The predicted molar refractivity (Wildman–Crippen MR) is 99.0 cm³/mol. The zero-order valence-corrected chi connectivity index (χ0v) is 14.3. The van der Waals surface area contributed by atoms with Crippen LogP contribution >= 0.6 is 0 Å². The minimum atomic E-state index is -0.126. The molecular formula is C19H24N4O. The second-order valence-electron chi connectivity index (χ2n) is 6.19. The van der Waals surface area contributed by atoms with Crippen LogP contribution in [0.15, 0.2) is 36.5 Å². The summed E-state index contributed by atoms with van der Waals surface area (Å²) < 4.78 is 0. The SMILES string of the molecule is CNc1cc(C(=O)Nc2ccc(N3CCCCC3)nc2)ccc1C. The van der Waals surface area contributed by atoms with E-state index in [4.69, 9.17) is 0 Å². The number of carbonyl (C=O) groups excluding carboxylic acids is 1. The number of nitrogens with zero attached hydrogens (tertiary/aromatic N) is 2. The summed E-state index contributed by atoms with van der Waals surface area (Å²) in [5, 5.41) is 6.01. The molecule has 0 spiro atoms. The van der Waals surface area contributed by atoms with E-state index in [-0.39, 0.29) is 5.91 Å². The average Bonchev–Trinajstić information content (AvgIpc) is 2.63. The Labute approximate surface area is 143 Å². The minimum Gasteiger partial charge on any atom is -0.388 e. The van der Waals surface area contributed by atoms with Crippen molar-refractivity contribution in [3.63, 3.8) is 0 Å². The Bertz CT molecular complexity index is 706. The van der Waals surface area contributed by atoms with Crippen LogP contribution in [-0.4, -0.2) is 31.0 Å². The van der Waals surface area contributed by atoms with E-state index in [2.05, 4.69) is 20.5 Å². The van der Waals surface area contributed by atoms with Crippen LogP contribution in [0, 0.1) is 6.92 Å². The molecule has 0 atom stereocenters. The Balaban J connectivity index is 1.68. The molecule has 0 bridgehead atoms. The fourth-order valence-corrected chi connectivity index (χ4v) is 3.01. The number of rotatable bonds is 4. The van der Waals surface area contributed by atoms with E-state index in [1.807, 2.05) is 44.3 Å². The summed E-state index contributed by atoms with van der Waals surface area (Å²) in [5.41, 5.74) is 3.42. The number of aryl methyl sites for hydroxylation is 1. The van der Waals surface area contributed by atoms with Gasteiger partial charge in [0.05, 0.1) is 11.9 Å². The zero-order chi connectivity index (χ0) is 16.9. The van der Waals surface area contributed by atoms with E-state index >= 15 is 0 Å². The van der Waals surface area contributed by atoms with Gasteiger partial charge in [0, 0.05) is 31.4 Å². The van der Waals surface area contributed by atoms with Crippen LogP contribution in [0.5, 0.6) is 0 Å². The van der Waals surface area contributed by atoms with Crippen molar-refractivity contribution in [1.82, 2.24) is 4.98 Å². The Kier molecular flexibility index (Phi) is 4.99. The van der Waals surface area contributed by atoms with Crippen LogP contribution in [-0.2, 0) is 0 Å². The first-order valence-electron chi connectivity index (χ1n) is 8.48. The summed E-state index contributed by atoms with van der Waals surface area (Å²) in [6.45, 7) is 4.14. The smallest absolute Gasteiger partial charge is 0.255 e. The summed E-state index contributed by atoms with van der Waals surface area (Å²) in [6.07, 6.45) is 5.48. The maximum absolute atomic E-state index is 12.4. The molecule has 5 nitrogen and oxygen atoms in total. The molecule has 0 radical (unpaired) electrons. The molecular weight excluding hydrogens is 300 g/mol. The van der Waals surface area contributed by atoms with Gasteiger partial charge in [-0.3, -0.25) is 4.79 Å². The number of piperidine rings is 1. The van der Waals surface area contributed by atoms with Crippen LogP contribution < -0.4 is 15.5 Å². The Morgan fingerprint density at radius 1 is 1.12 bits per heavy atom. The summed E-state index contributed by atoms with van der Waals surface area (Å²) >= 11 is 0. The van der Waals surface area contributed by atoms with Crippen molar-refractivity contribution >= 4 is 23.1 Å². The van der Waals surface area contributed by atoms with Crippen LogP contribution in [0.2, 0.25) is 0 Å². The van der Waals surface area contributed by atoms with Crippen LogP contribution in [0.3, 0.4) is 0 Å². The largest absolute Gasteiger partial charge is 0.388 e. The summed E-state index contributed by atoms with van der Waals surface area (Å²) in [7, 11) is 1.85. The highest BCUT2D eigenvalue weighted by Gasteiger charge is 2.13. The molecule has 2 heterocycles. The van der Waals surface area contributed by atoms with Gasteiger partial charge in [0.15, 0.2) is 0 Å². The van der Waals surface area contributed by atoms with E-state index in [0.29, 0.717) is 11.3 Å². The number of carbonyl (C=O) groups is 1. The number of amides is 1. The number of nitrogens with one attached hydrogen (secondary N) is 2.